The Balaban J connectivity index is 1.77. The Bertz CT molecular complexity index is 464. The molecular formula is C12H17F3N4O. The lowest BCUT2D eigenvalue weighted by Crippen LogP contribution is -2.51. The van der Waals surface area contributed by atoms with Gasteiger partial charge in [-0.05, 0) is 12.8 Å². The van der Waals surface area contributed by atoms with Crippen molar-refractivity contribution in [1.29, 1.82) is 0 Å². The van der Waals surface area contributed by atoms with Crippen molar-refractivity contribution in [3.05, 3.63) is 18.0 Å². The quantitative estimate of drug-likeness (QED) is 0.872. The molecular weight excluding hydrogens is 273 g/mol. The average Bonchev–Trinajstić information content (AvgIpc) is 2.81. The predicted molar refractivity (Wildman–Crippen MR) is 65.6 cm³/mol. The first-order chi connectivity index (χ1) is 9.36. The Hall–Kier alpha value is -1.57. The normalized spacial score (nSPS) is 23.6. The number of aromatic nitrogens is 2. The van der Waals surface area contributed by atoms with Gasteiger partial charge in [0.2, 0.25) is 5.91 Å². The van der Waals surface area contributed by atoms with Crippen LogP contribution in [-0.4, -0.2) is 34.5 Å². The lowest BCUT2D eigenvalue weighted by Gasteiger charge is -2.30. The molecule has 112 valence electrons. The molecule has 2 rings (SSSR count). The minimum atomic E-state index is -4.19. The minimum Gasteiger partial charge on any atom is -0.351 e. The van der Waals surface area contributed by atoms with Gasteiger partial charge in [-0.25, -0.2) is 0 Å². The number of carbonyl (C=O) groups is 1. The Morgan fingerprint density at radius 1 is 1.55 bits per heavy atom. The van der Waals surface area contributed by atoms with E-state index >= 15 is 0 Å². The van der Waals surface area contributed by atoms with E-state index in [4.69, 9.17) is 0 Å². The third-order valence-corrected chi connectivity index (χ3v) is 3.42. The molecule has 0 bridgehead atoms. The van der Waals surface area contributed by atoms with E-state index < -0.39 is 18.1 Å². The number of hydrogen-bond acceptors (Lipinski definition) is 3. The van der Waals surface area contributed by atoms with Crippen LogP contribution in [0.3, 0.4) is 0 Å². The van der Waals surface area contributed by atoms with Crippen LogP contribution in [0.25, 0.3) is 0 Å². The van der Waals surface area contributed by atoms with Gasteiger partial charge in [-0.2, -0.15) is 18.3 Å². The first-order valence-electron chi connectivity index (χ1n) is 6.41. The molecule has 1 aliphatic heterocycles. The first-order valence-corrected chi connectivity index (χ1v) is 6.41. The fourth-order valence-corrected chi connectivity index (χ4v) is 2.24. The molecule has 0 spiro atoms. The smallest absolute Gasteiger partial charge is 0.351 e. The van der Waals surface area contributed by atoms with E-state index in [0.717, 1.165) is 5.56 Å². The maximum absolute atomic E-state index is 12.5. The van der Waals surface area contributed by atoms with Crippen LogP contribution in [0, 0.1) is 5.92 Å². The molecule has 2 heterocycles. The van der Waals surface area contributed by atoms with E-state index in [-0.39, 0.29) is 25.3 Å². The molecule has 2 N–H and O–H groups in total. The molecule has 2 unspecified atom stereocenters. The molecule has 20 heavy (non-hydrogen) atoms. The Labute approximate surface area is 114 Å². The molecule has 1 aliphatic rings. The number of nitrogens with one attached hydrogen (secondary N) is 2. The van der Waals surface area contributed by atoms with Gasteiger partial charge in [-0.1, -0.05) is 0 Å². The van der Waals surface area contributed by atoms with Crippen LogP contribution in [0.15, 0.2) is 12.4 Å². The average molecular weight is 290 g/mol. The predicted octanol–water partition coefficient (Wildman–Crippen LogP) is 0.967. The maximum atomic E-state index is 12.5. The van der Waals surface area contributed by atoms with Crippen LogP contribution in [-0.2, 0) is 18.4 Å². The van der Waals surface area contributed by atoms with E-state index in [2.05, 4.69) is 15.7 Å². The van der Waals surface area contributed by atoms with Gasteiger partial charge in [0.1, 0.15) is 0 Å². The highest BCUT2D eigenvalue weighted by Crippen LogP contribution is 2.31. The number of carbonyl (C=O) groups excluding carboxylic acids is 1. The number of piperidine rings is 1. The van der Waals surface area contributed by atoms with Crippen molar-refractivity contribution in [2.24, 2.45) is 13.0 Å². The van der Waals surface area contributed by atoms with Crippen LogP contribution in [0.5, 0.6) is 0 Å². The fraction of sp³-hybridized carbons (Fsp3) is 0.667. The summed E-state index contributed by atoms with van der Waals surface area (Å²) in [6.07, 6.45) is -0.600. The minimum absolute atomic E-state index is 0.0124. The zero-order chi connectivity index (χ0) is 14.8. The summed E-state index contributed by atoms with van der Waals surface area (Å²) >= 11 is 0. The summed E-state index contributed by atoms with van der Waals surface area (Å²) in [7, 11) is 1.77. The van der Waals surface area contributed by atoms with Crippen molar-refractivity contribution in [1.82, 2.24) is 20.4 Å². The molecule has 1 aromatic rings. The highest BCUT2D eigenvalue weighted by Gasteiger charge is 2.42. The number of halogens is 3. The van der Waals surface area contributed by atoms with Crippen molar-refractivity contribution >= 4 is 5.91 Å². The monoisotopic (exact) mass is 290 g/mol. The van der Waals surface area contributed by atoms with E-state index in [1.807, 2.05) is 0 Å². The zero-order valence-electron chi connectivity index (χ0n) is 11.1. The summed E-state index contributed by atoms with van der Waals surface area (Å²) in [6, 6.07) is -0.551. The van der Waals surface area contributed by atoms with Crippen molar-refractivity contribution in [2.45, 2.75) is 31.6 Å². The third kappa shape index (κ3) is 3.72. The lowest BCUT2D eigenvalue weighted by molar-refractivity contribution is -0.180. The van der Waals surface area contributed by atoms with E-state index in [1.54, 1.807) is 24.1 Å². The van der Waals surface area contributed by atoms with Gasteiger partial charge in [-0.3, -0.25) is 9.48 Å². The summed E-state index contributed by atoms with van der Waals surface area (Å²) in [5.74, 6) is -1.63. The van der Waals surface area contributed by atoms with Crippen LogP contribution >= 0.6 is 0 Å². The summed E-state index contributed by atoms with van der Waals surface area (Å²) < 4.78 is 39.1. The summed E-state index contributed by atoms with van der Waals surface area (Å²) in [5.41, 5.74) is 0.852. The molecule has 1 aromatic heterocycles. The summed E-state index contributed by atoms with van der Waals surface area (Å²) in [5, 5.41) is 9.33. The largest absolute Gasteiger partial charge is 0.393 e. The maximum Gasteiger partial charge on any atom is 0.393 e. The Morgan fingerprint density at radius 2 is 2.30 bits per heavy atom. The first kappa shape index (κ1) is 14.8. The molecule has 0 aromatic carbocycles. The van der Waals surface area contributed by atoms with Crippen molar-refractivity contribution in [3.8, 4) is 0 Å². The molecule has 0 saturated carbocycles. The molecule has 0 radical (unpaired) electrons. The van der Waals surface area contributed by atoms with Gasteiger partial charge >= 0.3 is 6.18 Å². The van der Waals surface area contributed by atoms with Crippen molar-refractivity contribution in [3.63, 3.8) is 0 Å². The Morgan fingerprint density at radius 3 is 2.80 bits per heavy atom. The van der Waals surface area contributed by atoms with E-state index in [1.165, 1.54) is 0 Å². The number of nitrogens with zero attached hydrogens (tertiary/aromatic N) is 2. The van der Waals surface area contributed by atoms with E-state index in [9.17, 15) is 18.0 Å². The van der Waals surface area contributed by atoms with Gasteiger partial charge in [0.15, 0.2) is 0 Å². The second kappa shape index (κ2) is 5.82. The van der Waals surface area contributed by atoms with Crippen LogP contribution < -0.4 is 10.6 Å². The zero-order valence-corrected chi connectivity index (χ0v) is 11.1. The van der Waals surface area contributed by atoms with Crippen LogP contribution in [0.4, 0.5) is 13.2 Å². The molecule has 1 saturated heterocycles. The van der Waals surface area contributed by atoms with Gasteiger partial charge in [0, 0.05) is 31.9 Å². The molecule has 1 amide bonds. The number of hydrogen-bond donors (Lipinski definition) is 2. The van der Waals surface area contributed by atoms with Crippen LogP contribution in [0.2, 0.25) is 0 Å². The fourth-order valence-electron chi connectivity index (χ4n) is 2.24. The second-order valence-electron chi connectivity index (χ2n) is 5.02. The van der Waals surface area contributed by atoms with Crippen molar-refractivity contribution < 1.29 is 18.0 Å². The second-order valence-corrected chi connectivity index (χ2v) is 5.02. The number of aryl methyl sites for hydroxylation is 1. The van der Waals surface area contributed by atoms with Gasteiger partial charge in [0.25, 0.3) is 0 Å². The van der Waals surface area contributed by atoms with Crippen LogP contribution in [0.1, 0.15) is 18.4 Å². The van der Waals surface area contributed by atoms with Gasteiger partial charge < -0.3 is 10.6 Å². The molecule has 1 fully saturated rings. The molecule has 5 nitrogen and oxygen atoms in total. The number of amides is 1. The summed E-state index contributed by atoms with van der Waals surface area (Å²) in [6.45, 7) is 0.127. The number of alkyl halides is 3. The Kier molecular flexibility index (Phi) is 4.32. The van der Waals surface area contributed by atoms with E-state index in [0.29, 0.717) is 6.54 Å². The lowest BCUT2D eigenvalue weighted by atomic mass is 9.94. The molecule has 8 heteroatoms. The highest BCUT2D eigenvalue weighted by molar-refractivity contribution is 5.81. The molecule has 2 atom stereocenters. The summed E-state index contributed by atoms with van der Waals surface area (Å²) in [4.78, 5) is 11.9. The van der Waals surface area contributed by atoms with Gasteiger partial charge in [0.05, 0.1) is 18.2 Å². The third-order valence-electron chi connectivity index (χ3n) is 3.42. The van der Waals surface area contributed by atoms with Gasteiger partial charge in [-0.15, -0.1) is 0 Å². The number of rotatable bonds is 3. The van der Waals surface area contributed by atoms with Crippen molar-refractivity contribution in [2.75, 3.05) is 6.54 Å². The topological polar surface area (TPSA) is 59.0 Å². The highest BCUT2D eigenvalue weighted by atomic mass is 19.4. The standard InChI is InChI=1S/C12H17F3N4O/c1-19-7-8(5-18-19)4-17-11(20)10-3-2-9(6-16-10)12(13,14)15/h5,7,9-10,16H,2-4,6H2,1H3,(H,17,20). The SMILES string of the molecule is Cn1cc(CNC(=O)C2CCC(C(F)(F)F)CN2)cn1. The molecule has 0 aliphatic carbocycles.